The molecule has 3 N–H and O–H groups in total. The lowest BCUT2D eigenvalue weighted by atomic mass is 9.75. The first-order valence-corrected chi connectivity index (χ1v) is 6.34. The van der Waals surface area contributed by atoms with Crippen LogP contribution in [0.5, 0.6) is 0 Å². The molecule has 0 spiro atoms. The van der Waals surface area contributed by atoms with Crippen LogP contribution in [-0.2, 0) is 0 Å². The van der Waals surface area contributed by atoms with Crippen LogP contribution >= 0.6 is 12.8 Å². The molecule has 4 nitrogen and oxygen atoms in total. The smallest absolute Gasteiger partial charge is 0.106 e. The van der Waals surface area contributed by atoms with E-state index in [4.69, 9.17) is 5.73 Å². The van der Waals surface area contributed by atoms with Gasteiger partial charge in [-0.2, -0.15) is 0 Å². The normalized spacial score (nSPS) is 36.6. The Hall–Kier alpha value is -0.520. The summed E-state index contributed by atoms with van der Waals surface area (Å²) in [5.41, 5.74) is 4.93. The van der Waals surface area contributed by atoms with Crippen molar-refractivity contribution in [2.75, 3.05) is 13.1 Å². The van der Waals surface area contributed by atoms with Crippen LogP contribution in [0.2, 0.25) is 0 Å². The van der Waals surface area contributed by atoms with Crippen molar-refractivity contribution in [2.45, 2.75) is 39.2 Å². The first-order valence-electron chi connectivity index (χ1n) is 5.94. The summed E-state index contributed by atoms with van der Waals surface area (Å²) in [6.07, 6.45) is 5.22. The van der Waals surface area contributed by atoms with E-state index in [9.17, 15) is 5.11 Å². The third-order valence-corrected chi connectivity index (χ3v) is 3.28. The SMILES string of the molecule is CC/C=C\N=C(N)C1(C)CN(S)CC(C)(O)C1. The van der Waals surface area contributed by atoms with Crippen LogP contribution in [0.15, 0.2) is 17.3 Å². The molecule has 2 unspecified atom stereocenters. The van der Waals surface area contributed by atoms with Gasteiger partial charge in [0.05, 0.1) is 5.60 Å². The predicted molar refractivity (Wildman–Crippen MR) is 75.0 cm³/mol. The first-order chi connectivity index (χ1) is 7.79. The molecule has 98 valence electrons. The van der Waals surface area contributed by atoms with Crippen molar-refractivity contribution in [1.29, 1.82) is 0 Å². The van der Waals surface area contributed by atoms with Gasteiger partial charge in [0.15, 0.2) is 0 Å². The molecule has 1 heterocycles. The molecule has 0 saturated carbocycles. The van der Waals surface area contributed by atoms with Crippen LogP contribution in [0.25, 0.3) is 0 Å². The molecule has 5 heteroatoms. The van der Waals surface area contributed by atoms with E-state index >= 15 is 0 Å². The largest absolute Gasteiger partial charge is 0.389 e. The third kappa shape index (κ3) is 4.01. The Labute approximate surface area is 109 Å². The molecule has 17 heavy (non-hydrogen) atoms. The van der Waals surface area contributed by atoms with Crippen molar-refractivity contribution in [3.8, 4) is 0 Å². The number of nitrogens with zero attached hydrogens (tertiary/aromatic N) is 2. The van der Waals surface area contributed by atoms with E-state index in [2.05, 4.69) is 17.8 Å². The fourth-order valence-corrected chi connectivity index (χ4v) is 2.99. The molecule has 1 aliphatic heterocycles. The quantitative estimate of drug-likeness (QED) is 0.408. The molecule has 0 radical (unpaired) electrons. The van der Waals surface area contributed by atoms with Crippen molar-refractivity contribution in [3.63, 3.8) is 0 Å². The van der Waals surface area contributed by atoms with Crippen LogP contribution < -0.4 is 5.73 Å². The average Bonchev–Trinajstić information content (AvgIpc) is 2.13. The number of piperidine rings is 1. The fraction of sp³-hybridized carbons (Fsp3) is 0.750. The van der Waals surface area contributed by atoms with Crippen molar-refractivity contribution in [2.24, 2.45) is 16.1 Å². The summed E-state index contributed by atoms with van der Waals surface area (Å²) in [5.74, 6) is 0.557. The van der Waals surface area contributed by atoms with E-state index in [1.165, 1.54) is 0 Å². The van der Waals surface area contributed by atoms with Crippen LogP contribution in [0.4, 0.5) is 0 Å². The minimum atomic E-state index is -0.774. The minimum Gasteiger partial charge on any atom is -0.389 e. The van der Waals surface area contributed by atoms with Gasteiger partial charge in [0.1, 0.15) is 5.84 Å². The van der Waals surface area contributed by atoms with Gasteiger partial charge in [-0.25, -0.2) is 9.30 Å². The van der Waals surface area contributed by atoms with Gasteiger partial charge < -0.3 is 10.8 Å². The number of rotatable bonds is 3. The number of allylic oxidation sites excluding steroid dienone is 1. The average molecular weight is 257 g/mol. The van der Waals surface area contributed by atoms with Gasteiger partial charge >= 0.3 is 0 Å². The highest BCUT2D eigenvalue weighted by Gasteiger charge is 2.43. The number of β-amino-alcohol motifs (C(OH)–C–C–N with tert-alkyl or cyclic N) is 1. The Morgan fingerprint density at radius 2 is 2.18 bits per heavy atom. The molecule has 0 aromatic heterocycles. The maximum atomic E-state index is 10.2. The second-order valence-electron chi connectivity index (χ2n) is 5.36. The fourth-order valence-electron chi connectivity index (χ4n) is 2.37. The highest BCUT2D eigenvalue weighted by atomic mass is 32.1. The van der Waals surface area contributed by atoms with Gasteiger partial charge in [0, 0.05) is 24.7 Å². The van der Waals surface area contributed by atoms with E-state index < -0.39 is 5.60 Å². The molecule has 0 bridgehead atoms. The van der Waals surface area contributed by atoms with E-state index in [1.54, 1.807) is 10.5 Å². The van der Waals surface area contributed by atoms with Gasteiger partial charge in [-0.1, -0.05) is 32.7 Å². The van der Waals surface area contributed by atoms with Gasteiger partial charge in [0.25, 0.3) is 0 Å². The van der Waals surface area contributed by atoms with Gasteiger partial charge in [-0.05, 0) is 19.8 Å². The minimum absolute atomic E-state index is 0.332. The lowest BCUT2D eigenvalue weighted by Gasteiger charge is -2.44. The molecule has 2 atom stereocenters. The van der Waals surface area contributed by atoms with E-state index in [0.29, 0.717) is 25.3 Å². The second kappa shape index (κ2) is 5.42. The first kappa shape index (κ1) is 14.5. The summed E-state index contributed by atoms with van der Waals surface area (Å²) in [7, 11) is 0. The van der Waals surface area contributed by atoms with Crippen LogP contribution in [0, 0.1) is 5.41 Å². The summed E-state index contributed by atoms with van der Waals surface area (Å²) in [6.45, 7) is 7.11. The summed E-state index contributed by atoms with van der Waals surface area (Å²) in [4.78, 5) is 4.25. The Balaban J connectivity index is 2.85. The van der Waals surface area contributed by atoms with Crippen molar-refractivity contribution < 1.29 is 5.11 Å². The van der Waals surface area contributed by atoms with Crippen molar-refractivity contribution >= 4 is 18.7 Å². The Morgan fingerprint density at radius 3 is 2.71 bits per heavy atom. The highest BCUT2D eigenvalue weighted by molar-refractivity contribution is 7.77. The highest BCUT2D eigenvalue weighted by Crippen LogP contribution is 2.36. The molecule has 0 aromatic rings. The standard InChI is InChI=1S/C12H23N3OS/c1-4-5-6-14-10(13)11(2)7-12(3,16)9-15(17)8-11/h5-6,16-17H,4,7-9H2,1-3H3,(H2,13,14)/b6-5-. The van der Waals surface area contributed by atoms with E-state index in [0.717, 1.165) is 6.42 Å². The number of nitrogens with two attached hydrogens (primary N) is 1. The maximum Gasteiger partial charge on any atom is 0.106 e. The molecule has 0 amide bonds. The molecule has 1 aliphatic rings. The molecule has 0 aromatic carbocycles. The molecule has 1 rings (SSSR count). The topological polar surface area (TPSA) is 61.8 Å². The van der Waals surface area contributed by atoms with Crippen molar-refractivity contribution in [1.82, 2.24) is 4.31 Å². The van der Waals surface area contributed by atoms with E-state index in [-0.39, 0.29) is 5.41 Å². The predicted octanol–water partition coefficient (Wildman–Crippen LogP) is 1.58. The van der Waals surface area contributed by atoms with Crippen molar-refractivity contribution in [3.05, 3.63) is 12.3 Å². The lowest BCUT2D eigenvalue weighted by molar-refractivity contribution is -0.0210. The zero-order valence-corrected chi connectivity index (χ0v) is 11.7. The molecular weight excluding hydrogens is 234 g/mol. The number of hydrogen-bond donors (Lipinski definition) is 3. The zero-order chi connectivity index (χ0) is 13.1. The van der Waals surface area contributed by atoms with Gasteiger partial charge in [-0.3, -0.25) is 0 Å². The molecule has 1 saturated heterocycles. The van der Waals surface area contributed by atoms with Crippen LogP contribution in [-0.4, -0.2) is 33.9 Å². The Bertz CT molecular complexity index is 328. The third-order valence-electron chi connectivity index (χ3n) is 3.00. The summed E-state index contributed by atoms with van der Waals surface area (Å²) in [6, 6.07) is 0. The Morgan fingerprint density at radius 1 is 1.53 bits per heavy atom. The molecule has 1 fully saturated rings. The number of amidine groups is 1. The number of aliphatic hydroxyl groups is 1. The monoisotopic (exact) mass is 257 g/mol. The molecular formula is C12H23N3OS. The summed E-state index contributed by atoms with van der Waals surface area (Å²) in [5, 5.41) is 10.2. The maximum absolute atomic E-state index is 10.2. The number of thiol groups is 1. The lowest BCUT2D eigenvalue weighted by Crippen LogP contribution is -2.55. The molecule has 0 aliphatic carbocycles. The zero-order valence-electron chi connectivity index (χ0n) is 10.8. The van der Waals surface area contributed by atoms with Gasteiger partial charge in [0.2, 0.25) is 0 Å². The van der Waals surface area contributed by atoms with Gasteiger partial charge in [-0.15, -0.1) is 0 Å². The van der Waals surface area contributed by atoms with Crippen LogP contribution in [0.1, 0.15) is 33.6 Å². The Kier molecular flexibility index (Phi) is 4.63. The second-order valence-corrected chi connectivity index (χ2v) is 5.93. The van der Waals surface area contributed by atoms with Crippen LogP contribution in [0.3, 0.4) is 0 Å². The number of hydrogen-bond acceptors (Lipinski definition) is 4. The summed E-state index contributed by atoms with van der Waals surface area (Å²) < 4.78 is 1.80. The number of aliphatic imine (C=N–C) groups is 1. The summed E-state index contributed by atoms with van der Waals surface area (Å²) >= 11 is 4.34. The van der Waals surface area contributed by atoms with E-state index in [1.807, 2.05) is 26.8 Å².